The van der Waals surface area contributed by atoms with Crippen molar-refractivity contribution in [2.45, 2.75) is 29.9 Å². The molecule has 8 heteroatoms. The first-order chi connectivity index (χ1) is 10.5. The van der Waals surface area contributed by atoms with Crippen molar-refractivity contribution in [1.29, 1.82) is 0 Å². The van der Waals surface area contributed by atoms with Crippen LogP contribution < -0.4 is 4.72 Å². The quantitative estimate of drug-likeness (QED) is 0.499. The summed E-state index contributed by atoms with van der Waals surface area (Å²) in [5.41, 5.74) is -0.121. The molecular weight excluding hydrogens is 308 g/mol. The Kier molecular flexibility index (Phi) is 3.04. The van der Waals surface area contributed by atoms with E-state index in [4.69, 9.17) is 4.74 Å². The van der Waals surface area contributed by atoms with Gasteiger partial charge in [-0.25, -0.2) is 13.1 Å². The van der Waals surface area contributed by atoms with Crippen LogP contribution in [0.4, 0.5) is 5.69 Å². The van der Waals surface area contributed by atoms with Gasteiger partial charge in [-0.1, -0.05) is 0 Å². The van der Waals surface area contributed by atoms with E-state index in [0.717, 1.165) is 12.8 Å². The molecule has 0 aromatic heterocycles. The molecule has 2 saturated carbocycles. The fourth-order valence-corrected chi connectivity index (χ4v) is 5.11. The first-order valence-electron chi connectivity index (χ1n) is 7.35. The molecule has 0 radical (unpaired) electrons. The first kappa shape index (κ1) is 14.1. The zero-order valence-electron chi connectivity index (χ0n) is 11.7. The normalized spacial score (nSPS) is 35.4. The summed E-state index contributed by atoms with van der Waals surface area (Å²) in [4.78, 5) is 10.1. The summed E-state index contributed by atoms with van der Waals surface area (Å²) in [7, 11) is -3.62. The molecule has 1 saturated heterocycles. The van der Waals surface area contributed by atoms with Crippen molar-refractivity contribution in [3.63, 3.8) is 0 Å². The van der Waals surface area contributed by atoms with E-state index in [1.165, 1.54) is 24.3 Å². The molecule has 3 fully saturated rings. The number of ether oxygens (including phenoxy) is 1. The van der Waals surface area contributed by atoms with Crippen LogP contribution in [0.5, 0.6) is 0 Å². The van der Waals surface area contributed by atoms with Gasteiger partial charge in [0.25, 0.3) is 5.69 Å². The standard InChI is InChI=1S/C14H16N2O5S/c17-16(18)10-1-3-11(4-2-10)22(19,20)15-7-9-5-8-6-12(9)14-13(8)21-14/h1-4,8-9,12-15H,5-7H2/t8-,9-,12+,13+,14+/m0/s1. The summed E-state index contributed by atoms with van der Waals surface area (Å²) >= 11 is 0. The summed E-state index contributed by atoms with van der Waals surface area (Å²) in [5.74, 6) is 1.42. The highest BCUT2D eigenvalue weighted by Crippen LogP contribution is 2.58. The van der Waals surface area contributed by atoms with Crippen LogP contribution in [-0.2, 0) is 14.8 Å². The predicted molar refractivity (Wildman–Crippen MR) is 76.6 cm³/mol. The molecule has 0 amide bonds. The molecule has 1 aromatic rings. The highest BCUT2D eigenvalue weighted by molar-refractivity contribution is 7.89. The molecule has 2 bridgehead atoms. The highest BCUT2D eigenvalue weighted by atomic mass is 32.2. The molecule has 0 spiro atoms. The molecular formula is C14H16N2O5S. The zero-order valence-corrected chi connectivity index (χ0v) is 12.5. The summed E-state index contributed by atoms with van der Waals surface area (Å²) < 4.78 is 32.7. The van der Waals surface area contributed by atoms with Crippen molar-refractivity contribution >= 4 is 15.7 Å². The van der Waals surface area contributed by atoms with E-state index < -0.39 is 14.9 Å². The summed E-state index contributed by atoms with van der Waals surface area (Å²) in [6, 6.07) is 4.94. The molecule has 1 N–H and O–H groups in total. The molecule has 5 atom stereocenters. The van der Waals surface area contributed by atoms with Crippen molar-refractivity contribution in [2.24, 2.45) is 17.8 Å². The second-order valence-corrected chi connectivity index (χ2v) is 8.09. The average molecular weight is 324 g/mol. The number of nitrogens with zero attached hydrogens (tertiary/aromatic N) is 1. The minimum Gasteiger partial charge on any atom is -0.369 e. The molecule has 1 aromatic carbocycles. The summed E-state index contributed by atoms with van der Waals surface area (Å²) in [6.45, 7) is 0.410. The van der Waals surface area contributed by atoms with Gasteiger partial charge in [-0.15, -0.1) is 0 Å². The maximum atomic E-state index is 12.3. The molecule has 22 heavy (non-hydrogen) atoms. The average Bonchev–Trinajstić information content (AvgIpc) is 3.11. The Morgan fingerprint density at radius 1 is 1.23 bits per heavy atom. The van der Waals surface area contributed by atoms with Gasteiger partial charge < -0.3 is 4.74 Å². The Morgan fingerprint density at radius 2 is 1.95 bits per heavy atom. The lowest BCUT2D eigenvalue weighted by molar-refractivity contribution is -0.384. The Morgan fingerprint density at radius 3 is 2.55 bits per heavy atom. The Balaban J connectivity index is 1.42. The molecule has 0 unspecified atom stereocenters. The SMILES string of the molecule is O=[N+]([O-])c1ccc(S(=O)(=O)NC[C@@H]2C[C@H]3C[C@H]2[C@H]2O[C@H]32)cc1. The smallest absolute Gasteiger partial charge is 0.269 e. The van der Waals surface area contributed by atoms with Crippen LogP contribution in [0, 0.1) is 27.9 Å². The van der Waals surface area contributed by atoms with Crippen molar-refractivity contribution in [2.75, 3.05) is 6.54 Å². The Labute approximate surface area is 127 Å². The molecule has 1 heterocycles. The van der Waals surface area contributed by atoms with Crippen LogP contribution in [0.15, 0.2) is 29.2 Å². The van der Waals surface area contributed by atoms with Gasteiger partial charge in [0.15, 0.2) is 0 Å². The number of epoxide rings is 1. The van der Waals surface area contributed by atoms with Crippen LogP contribution in [-0.4, -0.2) is 32.1 Å². The van der Waals surface area contributed by atoms with Crippen molar-refractivity contribution in [1.82, 2.24) is 4.72 Å². The van der Waals surface area contributed by atoms with Gasteiger partial charge in [0.05, 0.1) is 22.0 Å². The van der Waals surface area contributed by atoms with Crippen LogP contribution in [0.25, 0.3) is 0 Å². The predicted octanol–water partition coefficient (Wildman–Crippen LogP) is 1.30. The second-order valence-electron chi connectivity index (χ2n) is 6.32. The van der Waals surface area contributed by atoms with Crippen LogP contribution in [0.3, 0.4) is 0 Å². The van der Waals surface area contributed by atoms with Crippen molar-refractivity contribution < 1.29 is 18.1 Å². The van der Waals surface area contributed by atoms with Crippen LogP contribution in [0.2, 0.25) is 0 Å². The van der Waals surface area contributed by atoms with Crippen molar-refractivity contribution in [3.8, 4) is 0 Å². The van der Waals surface area contributed by atoms with Gasteiger partial charge in [0, 0.05) is 18.7 Å². The number of benzene rings is 1. The van der Waals surface area contributed by atoms with Gasteiger partial charge in [-0.05, 0) is 42.7 Å². The number of hydrogen-bond acceptors (Lipinski definition) is 5. The van der Waals surface area contributed by atoms with E-state index in [1.54, 1.807) is 0 Å². The van der Waals surface area contributed by atoms with E-state index in [0.29, 0.717) is 36.5 Å². The maximum Gasteiger partial charge on any atom is 0.269 e. The fraction of sp³-hybridized carbons (Fsp3) is 0.571. The van der Waals surface area contributed by atoms with E-state index in [-0.39, 0.29) is 10.6 Å². The first-order valence-corrected chi connectivity index (χ1v) is 8.83. The number of hydrogen-bond donors (Lipinski definition) is 1. The minimum atomic E-state index is -3.62. The van der Waals surface area contributed by atoms with Gasteiger partial charge in [0.2, 0.25) is 10.0 Å². The molecule has 2 aliphatic carbocycles. The van der Waals surface area contributed by atoms with Gasteiger partial charge in [-0.2, -0.15) is 0 Å². The van der Waals surface area contributed by atoms with Crippen LogP contribution >= 0.6 is 0 Å². The van der Waals surface area contributed by atoms with E-state index in [9.17, 15) is 18.5 Å². The lowest BCUT2D eigenvalue weighted by atomic mass is 9.89. The second kappa shape index (κ2) is 4.74. The molecule has 7 nitrogen and oxygen atoms in total. The number of non-ortho nitro benzene ring substituents is 1. The van der Waals surface area contributed by atoms with E-state index in [2.05, 4.69) is 4.72 Å². The van der Waals surface area contributed by atoms with E-state index in [1.807, 2.05) is 0 Å². The minimum absolute atomic E-state index is 0.0572. The van der Waals surface area contributed by atoms with Gasteiger partial charge >= 0.3 is 0 Å². The molecule has 4 rings (SSSR count). The third kappa shape index (κ3) is 2.22. The summed E-state index contributed by atoms with van der Waals surface area (Å²) in [6.07, 6.45) is 2.97. The summed E-state index contributed by atoms with van der Waals surface area (Å²) in [5, 5.41) is 10.6. The topological polar surface area (TPSA) is 102 Å². The van der Waals surface area contributed by atoms with Crippen molar-refractivity contribution in [3.05, 3.63) is 34.4 Å². The molecule has 3 aliphatic rings. The maximum absolute atomic E-state index is 12.3. The third-order valence-corrected chi connectivity index (χ3v) is 6.57. The fourth-order valence-electron chi connectivity index (χ4n) is 4.01. The monoisotopic (exact) mass is 324 g/mol. The lowest BCUT2D eigenvalue weighted by Gasteiger charge is -2.19. The zero-order chi connectivity index (χ0) is 15.5. The number of nitro benzene ring substituents is 1. The van der Waals surface area contributed by atoms with Crippen LogP contribution in [0.1, 0.15) is 12.8 Å². The lowest BCUT2D eigenvalue weighted by Crippen LogP contribution is -2.33. The number of rotatable bonds is 5. The Bertz CT molecular complexity index is 717. The Hall–Kier alpha value is -1.51. The number of sulfonamides is 1. The molecule has 118 valence electrons. The van der Waals surface area contributed by atoms with Gasteiger partial charge in [-0.3, -0.25) is 10.1 Å². The number of fused-ring (bicyclic) bond motifs is 5. The van der Waals surface area contributed by atoms with Gasteiger partial charge in [0.1, 0.15) is 0 Å². The largest absolute Gasteiger partial charge is 0.369 e. The third-order valence-electron chi connectivity index (χ3n) is 5.13. The van der Waals surface area contributed by atoms with E-state index >= 15 is 0 Å². The molecule has 1 aliphatic heterocycles. The highest BCUT2D eigenvalue weighted by Gasteiger charge is 2.62. The number of nitro groups is 1. The number of nitrogens with one attached hydrogen (secondary N) is 1.